The third-order valence-corrected chi connectivity index (χ3v) is 2.87. The summed E-state index contributed by atoms with van der Waals surface area (Å²) in [6.45, 7) is 1.79. The molecule has 1 atom stereocenters. The number of ether oxygens (including phenoxy) is 1. The largest absolute Gasteiger partial charge is 0.486 e. The van der Waals surface area contributed by atoms with Crippen molar-refractivity contribution < 1.29 is 13.9 Å². The van der Waals surface area contributed by atoms with Gasteiger partial charge in [0.15, 0.2) is 0 Å². The first-order chi connectivity index (χ1) is 8.70. The van der Waals surface area contributed by atoms with E-state index in [-0.39, 0.29) is 6.10 Å². The van der Waals surface area contributed by atoms with Crippen molar-refractivity contribution in [1.82, 2.24) is 0 Å². The lowest BCUT2D eigenvalue weighted by atomic mass is 10.1. The maximum absolute atomic E-state index is 13.8. The molecule has 1 aromatic carbocycles. The van der Waals surface area contributed by atoms with E-state index in [2.05, 4.69) is 0 Å². The van der Waals surface area contributed by atoms with E-state index in [0.717, 1.165) is 18.6 Å². The van der Waals surface area contributed by atoms with Crippen LogP contribution in [0.1, 0.15) is 41.8 Å². The maximum atomic E-state index is 13.8. The van der Waals surface area contributed by atoms with Gasteiger partial charge in [0, 0.05) is 11.1 Å². The van der Waals surface area contributed by atoms with Crippen LogP contribution in [0.4, 0.5) is 4.39 Å². The summed E-state index contributed by atoms with van der Waals surface area (Å²) in [5.41, 5.74) is 0.792. The molecule has 1 unspecified atom stereocenters. The number of carbonyl (C=O) groups excluding carboxylic acids is 1. The fraction of sp³-hybridized carbons (Fsp3) is 0.267. The van der Waals surface area contributed by atoms with E-state index < -0.39 is 5.82 Å². The molecule has 0 aromatic heterocycles. The molecule has 0 saturated carbocycles. The highest BCUT2D eigenvalue weighted by atomic mass is 19.1. The number of hydrogen-bond donors (Lipinski definition) is 0. The number of rotatable bonds is 4. The predicted molar refractivity (Wildman–Crippen MR) is 67.7 cm³/mol. The molecule has 1 aromatic rings. The summed E-state index contributed by atoms with van der Waals surface area (Å²) in [5, 5.41) is 0. The Morgan fingerprint density at radius 1 is 1.39 bits per heavy atom. The van der Waals surface area contributed by atoms with Gasteiger partial charge < -0.3 is 4.74 Å². The van der Waals surface area contributed by atoms with E-state index in [1.165, 1.54) is 6.07 Å². The molecule has 0 amide bonds. The molecule has 0 radical (unpaired) electrons. The van der Waals surface area contributed by atoms with Gasteiger partial charge >= 0.3 is 0 Å². The molecule has 0 heterocycles. The highest BCUT2D eigenvalue weighted by Gasteiger charge is 2.13. The van der Waals surface area contributed by atoms with Crippen molar-refractivity contribution in [2.75, 3.05) is 0 Å². The third kappa shape index (κ3) is 2.86. The van der Waals surface area contributed by atoms with Crippen molar-refractivity contribution in [3.05, 3.63) is 59.1 Å². The minimum atomic E-state index is -0.410. The monoisotopic (exact) mass is 246 g/mol. The van der Waals surface area contributed by atoms with E-state index in [1.807, 2.05) is 18.2 Å². The average molecular weight is 246 g/mol. The highest BCUT2D eigenvalue weighted by molar-refractivity contribution is 5.74. The number of hydrogen-bond acceptors (Lipinski definition) is 2. The van der Waals surface area contributed by atoms with Crippen LogP contribution >= 0.6 is 0 Å². The van der Waals surface area contributed by atoms with Crippen molar-refractivity contribution in [1.29, 1.82) is 0 Å². The predicted octanol–water partition coefficient (Wildman–Crippen LogP) is 3.95. The fourth-order valence-corrected chi connectivity index (χ4v) is 1.89. The smallest absolute Gasteiger partial charge is 0.150 e. The normalized spacial score (nSPS) is 16.0. The first kappa shape index (κ1) is 12.6. The molecule has 0 saturated heterocycles. The first-order valence-corrected chi connectivity index (χ1v) is 5.98. The molecule has 0 aliphatic heterocycles. The van der Waals surface area contributed by atoms with Gasteiger partial charge in [0.1, 0.15) is 24.0 Å². The summed E-state index contributed by atoms with van der Waals surface area (Å²) >= 11 is 0. The van der Waals surface area contributed by atoms with Gasteiger partial charge in [0.2, 0.25) is 0 Å². The van der Waals surface area contributed by atoms with Gasteiger partial charge in [-0.1, -0.05) is 18.2 Å². The van der Waals surface area contributed by atoms with Crippen LogP contribution in [0.15, 0.2) is 42.2 Å². The second kappa shape index (κ2) is 5.63. The summed E-state index contributed by atoms with van der Waals surface area (Å²) in [4.78, 5) is 10.5. The molecule has 1 aliphatic carbocycles. The highest BCUT2D eigenvalue weighted by Crippen LogP contribution is 2.25. The van der Waals surface area contributed by atoms with Crippen LogP contribution in [0.3, 0.4) is 0 Å². The maximum Gasteiger partial charge on any atom is 0.150 e. The molecule has 2 rings (SSSR count). The molecular formula is C15H15FO2. The van der Waals surface area contributed by atoms with Gasteiger partial charge in [0.25, 0.3) is 0 Å². The Balaban J connectivity index is 2.13. The van der Waals surface area contributed by atoms with Crippen LogP contribution in [-0.2, 0) is 4.74 Å². The molecule has 0 fully saturated rings. The number of carbonyl (C=O) groups is 1. The van der Waals surface area contributed by atoms with Gasteiger partial charge in [-0.3, -0.25) is 4.79 Å². The van der Waals surface area contributed by atoms with Gasteiger partial charge in [-0.15, -0.1) is 0 Å². The van der Waals surface area contributed by atoms with Crippen LogP contribution < -0.4 is 0 Å². The van der Waals surface area contributed by atoms with Gasteiger partial charge in [0.05, 0.1) is 0 Å². The average Bonchev–Trinajstić information content (AvgIpc) is 2.39. The van der Waals surface area contributed by atoms with Crippen molar-refractivity contribution in [3.63, 3.8) is 0 Å². The lowest BCUT2D eigenvalue weighted by Gasteiger charge is -2.18. The molecule has 2 nitrogen and oxygen atoms in total. The lowest BCUT2D eigenvalue weighted by Crippen LogP contribution is -2.03. The zero-order chi connectivity index (χ0) is 13.0. The molecule has 3 heteroatoms. The molecule has 0 N–H and O–H groups in total. The van der Waals surface area contributed by atoms with Crippen LogP contribution in [0.2, 0.25) is 0 Å². The van der Waals surface area contributed by atoms with Crippen LogP contribution in [-0.4, -0.2) is 6.29 Å². The Morgan fingerprint density at radius 2 is 2.22 bits per heavy atom. The second-order valence-electron chi connectivity index (χ2n) is 4.25. The summed E-state index contributed by atoms with van der Waals surface area (Å²) in [6.07, 6.45) is 8.15. The summed E-state index contributed by atoms with van der Waals surface area (Å²) in [6, 6.07) is 4.42. The molecule has 94 valence electrons. The van der Waals surface area contributed by atoms with Gasteiger partial charge in [-0.05, 0) is 38.0 Å². The number of aldehydes is 1. The molecular weight excluding hydrogens is 231 g/mol. The number of allylic oxidation sites excluding steroid dienone is 3. The topological polar surface area (TPSA) is 26.3 Å². The van der Waals surface area contributed by atoms with Crippen molar-refractivity contribution >= 4 is 6.29 Å². The van der Waals surface area contributed by atoms with Crippen molar-refractivity contribution in [3.8, 4) is 0 Å². The van der Waals surface area contributed by atoms with Crippen molar-refractivity contribution in [2.45, 2.75) is 25.9 Å². The van der Waals surface area contributed by atoms with Crippen LogP contribution in [0, 0.1) is 5.82 Å². The molecule has 18 heavy (non-hydrogen) atoms. The Labute approximate surface area is 106 Å². The quantitative estimate of drug-likeness (QED) is 0.752. The molecule has 0 spiro atoms. The zero-order valence-corrected chi connectivity index (χ0v) is 10.2. The zero-order valence-electron chi connectivity index (χ0n) is 10.2. The fourth-order valence-electron chi connectivity index (χ4n) is 1.89. The Kier molecular flexibility index (Phi) is 3.92. The third-order valence-electron chi connectivity index (χ3n) is 2.87. The first-order valence-electron chi connectivity index (χ1n) is 5.98. The Morgan fingerprint density at radius 3 is 2.83 bits per heavy atom. The molecule has 1 aliphatic rings. The lowest BCUT2D eigenvalue weighted by molar-refractivity contribution is 0.112. The van der Waals surface area contributed by atoms with E-state index in [0.29, 0.717) is 17.4 Å². The minimum Gasteiger partial charge on any atom is -0.486 e. The van der Waals surface area contributed by atoms with Gasteiger partial charge in [-0.2, -0.15) is 0 Å². The van der Waals surface area contributed by atoms with E-state index in [9.17, 15) is 9.18 Å². The SMILES string of the molecule is CC(OC1=CCCC=C1)c1ccc(C=O)cc1F. The Hall–Kier alpha value is -1.90. The van der Waals surface area contributed by atoms with Crippen LogP contribution in [0.25, 0.3) is 0 Å². The number of halogens is 1. The summed E-state index contributed by atoms with van der Waals surface area (Å²) in [7, 11) is 0. The second-order valence-corrected chi connectivity index (χ2v) is 4.25. The minimum absolute atomic E-state index is 0.334. The Bertz CT molecular complexity index is 503. The van der Waals surface area contributed by atoms with Crippen molar-refractivity contribution in [2.24, 2.45) is 0 Å². The van der Waals surface area contributed by atoms with E-state index >= 15 is 0 Å². The van der Waals surface area contributed by atoms with Gasteiger partial charge in [-0.25, -0.2) is 4.39 Å². The van der Waals surface area contributed by atoms with E-state index in [4.69, 9.17) is 4.74 Å². The summed E-state index contributed by atoms with van der Waals surface area (Å²) in [5.74, 6) is 0.361. The summed E-state index contributed by atoms with van der Waals surface area (Å²) < 4.78 is 19.4. The standard InChI is InChI=1S/C15H15FO2/c1-11(18-13-5-3-2-4-6-13)14-8-7-12(10-17)9-15(14)16/h3,5-11H,2,4H2,1H3. The number of benzene rings is 1. The van der Waals surface area contributed by atoms with E-state index in [1.54, 1.807) is 19.1 Å². The molecule has 0 bridgehead atoms. The van der Waals surface area contributed by atoms with Crippen LogP contribution in [0.5, 0.6) is 0 Å².